The molecule has 0 aliphatic heterocycles. The third kappa shape index (κ3) is 4.03. The topological polar surface area (TPSA) is 66.4 Å². The SMILES string of the molecule is CCC(NC(=O)/C=C/c1sccc1C)C(=O)O. The third-order valence-electron chi connectivity index (χ3n) is 2.31. The molecule has 17 heavy (non-hydrogen) atoms. The molecule has 0 spiro atoms. The number of carboxylic acids is 1. The summed E-state index contributed by atoms with van der Waals surface area (Å²) < 4.78 is 0. The highest BCUT2D eigenvalue weighted by Gasteiger charge is 2.15. The van der Waals surface area contributed by atoms with Gasteiger partial charge in [0.05, 0.1) is 0 Å². The van der Waals surface area contributed by atoms with E-state index < -0.39 is 12.0 Å². The summed E-state index contributed by atoms with van der Waals surface area (Å²) in [6.07, 6.45) is 3.43. The lowest BCUT2D eigenvalue weighted by Crippen LogP contribution is -2.39. The molecule has 0 aliphatic rings. The van der Waals surface area contributed by atoms with E-state index in [0.717, 1.165) is 10.4 Å². The number of carbonyl (C=O) groups excluding carboxylic acids is 1. The van der Waals surface area contributed by atoms with Crippen LogP contribution >= 0.6 is 11.3 Å². The third-order valence-corrected chi connectivity index (χ3v) is 3.29. The molecule has 4 nitrogen and oxygen atoms in total. The number of amides is 1. The van der Waals surface area contributed by atoms with E-state index in [4.69, 9.17) is 5.11 Å². The molecule has 92 valence electrons. The molecule has 1 aromatic heterocycles. The molecule has 0 aromatic carbocycles. The number of aryl methyl sites for hydroxylation is 1. The van der Waals surface area contributed by atoms with Gasteiger partial charge >= 0.3 is 5.97 Å². The quantitative estimate of drug-likeness (QED) is 0.789. The smallest absolute Gasteiger partial charge is 0.326 e. The van der Waals surface area contributed by atoms with Crippen molar-refractivity contribution < 1.29 is 14.7 Å². The van der Waals surface area contributed by atoms with Gasteiger partial charge in [-0.05, 0) is 36.4 Å². The Morgan fingerprint density at radius 2 is 2.29 bits per heavy atom. The van der Waals surface area contributed by atoms with Crippen molar-refractivity contribution >= 4 is 29.3 Å². The molecule has 0 saturated heterocycles. The molecule has 0 saturated carbocycles. The summed E-state index contributed by atoms with van der Waals surface area (Å²) >= 11 is 1.54. The van der Waals surface area contributed by atoms with Gasteiger partial charge in [0, 0.05) is 11.0 Å². The highest BCUT2D eigenvalue weighted by molar-refractivity contribution is 7.11. The van der Waals surface area contributed by atoms with Crippen LogP contribution in [0.5, 0.6) is 0 Å². The normalized spacial score (nSPS) is 12.6. The zero-order chi connectivity index (χ0) is 12.8. The summed E-state index contributed by atoms with van der Waals surface area (Å²) in [5, 5.41) is 13.2. The zero-order valence-electron chi connectivity index (χ0n) is 9.77. The van der Waals surface area contributed by atoms with E-state index in [-0.39, 0.29) is 5.91 Å². The van der Waals surface area contributed by atoms with Crippen molar-refractivity contribution in [3.63, 3.8) is 0 Å². The van der Waals surface area contributed by atoms with Gasteiger partial charge in [0.1, 0.15) is 6.04 Å². The minimum Gasteiger partial charge on any atom is -0.480 e. The Kier molecular flexibility index (Phi) is 4.90. The molecule has 0 radical (unpaired) electrons. The summed E-state index contributed by atoms with van der Waals surface area (Å²) in [5.41, 5.74) is 1.10. The first-order chi connectivity index (χ1) is 8.04. The van der Waals surface area contributed by atoms with Crippen LogP contribution < -0.4 is 5.32 Å². The minimum atomic E-state index is -1.01. The van der Waals surface area contributed by atoms with E-state index in [1.165, 1.54) is 17.4 Å². The first kappa shape index (κ1) is 13.4. The second-order valence-corrected chi connectivity index (χ2v) is 4.56. The predicted molar refractivity (Wildman–Crippen MR) is 67.9 cm³/mol. The van der Waals surface area contributed by atoms with E-state index in [0.29, 0.717) is 6.42 Å². The van der Waals surface area contributed by atoms with Crippen molar-refractivity contribution in [2.24, 2.45) is 0 Å². The lowest BCUT2D eigenvalue weighted by atomic mass is 10.2. The van der Waals surface area contributed by atoms with Crippen LogP contribution in [0.2, 0.25) is 0 Å². The molecular weight excluding hydrogens is 238 g/mol. The summed E-state index contributed by atoms with van der Waals surface area (Å²) in [6, 6.07) is 1.14. The maximum absolute atomic E-state index is 11.5. The maximum Gasteiger partial charge on any atom is 0.326 e. The average Bonchev–Trinajstić information content (AvgIpc) is 2.68. The number of rotatable bonds is 5. The minimum absolute atomic E-state index is 0.368. The average molecular weight is 253 g/mol. The van der Waals surface area contributed by atoms with Crippen LogP contribution in [0.15, 0.2) is 17.5 Å². The summed E-state index contributed by atoms with van der Waals surface area (Å²) in [6.45, 7) is 3.67. The number of hydrogen-bond acceptors (Lipinski definition) is 3. The number of carbonyl (C=O) groups is 2. The van der Waals surface area contributed by atoms with E-state index in [1.54, 1.807) is 13.0 Å². The Morgan fingerprint density at radius 1 is 1.59 bits per heavy atom. The Labute approximate surface area is 104 Å². The Balaban J connectivity index is 2.58. The largest absolute Gasteiger partial charge is 0.480 e. The molecule has 1 unspecified atom stereocenters. The molecule has 2 N–H and O–H groups in total. The molecule has 0 aliphatic carbocycles. The number of aliphatic carboxylic acids is 1. The fourth-order valence-corrected chi connectivity index (χ4v) is 2.08. The van der Waals surface area contributed by atoms with Gasteiger partial charge < -0.3 is 10.4 Å². The van der Waals surface area contributed by atoms with Crippen LogP contribution in [-0.2, 0) is 9.59 Å². The number of carboxylic acid groups (broad SMARTS) is 1. The molecule has 1 rings (SSSR count). The lowest BCUT2D eigenvalue weighted by molar-refractivity contribution is -0.141. The van der Waals surface area contributed by atoms with Gasteiger partial charge in [-0.15, -0.1) is 11.3 Å². The maximum atomic E-state index is 11.5. The van der Waals surface area contributed by atoms with Crippen LogP contribution in [0, 0.1) is 6.92 Å². The summed E-state index contributed by atoms with van der Waals surface area (Å²) in [7, 11) is 0. The highest BCUT2D eigenvalue weighted by Crippen LogP contribution is 2.16. The molecule has 5 heteroatoms. The highest BCUT2D eigenvalue weighted by atomic mass is 32.1. The van der Waals surface area contributed by atoms with Crippen LogP contribution in [0.1, 0.15) is 23.8 Å². The fraction of sp³-hybridized carbons (Fsp3) is 0.333. The van der Waals surface area contributed by atoms with Crippen molar-refractivity contribution in [1.82, 2.24) is 5.32 Å². The van der Waals surface area contributed by atoms with Gasteiger partial charge in [-0.1, -0.05) is 6.92 Å². The van der Waals surface area contributed by atoms with Gasteiger partial charge in [-0.2, -0.15) is 0 Å². The van der Waals surface area contributed by atoms with Crippen molar-refractivity contribution in [1.29, 1.82) is 0 Å². The first-order valence-electron chi connectivity index (χ1n) is 5.30. The summed E-state index contributed by atoms with van der Waals surface area (Å²) in [4.78, 5) is 23.2. The van der Waals surface area contributed by atoms with Gasteiger partial charge in [0.2, 0.25) is 5.91 Å². The van der Waals surface area contributed by atoms with Crippen LogP contribution in [0.25, 0.3) is 6.08 Å². The number of hydrogen-bond donors (Lipinski definition) is 2. The summed E-state index contributed by atoms with van der Waals surface area (Å²) in [5.74, 6) is -1.39. The van der Waals surface area contributed by atoms with Crippen LogP contribution in [0.3, 0.4) is 0 Å². The fourth-order valence-electron chi connectivity index (χ4n) is 1.26. The van der Waals surface area contributed by atoms with Gasteiger partial charge in [-0.25, -0.2) is 4.79 Å². The number of nitrogens with one attached hydrogen (secondary N) is 1. The molecule has 0 fully saturated rings. The number of thiophene rings is 1. The van der Waals surface area contributed by atoms with E-state index in [2.05, 4.69) is 5.32 Å². The van der Waals surface area contributed by atoms with Gasteiger partial charge in [-0.3, -0.25) is 4.79 Å². The molecule has 1 amide bonds. The van der Waals surface area contributed by atoms with E-state index in [1.807, 2.05) is 18.4 Å². The van der Waals surface area contributed by atoms with Crippen LogP contribution in [-0.4, -0.2) is 23.0 Å². The monoisotopic (exact) mass is 253 g/mol. The predicted octanol–water partition coefficient (Wildman–Crippen LogP) is 2.05. The lowest BCUT2D eigenvalue weighted by Gasteiger charge is -2.09. The Bertz CT molecular complexity index is 437. The molecule has 0 bridgehead atoms. The Morgan fingerprint density at radius 3 is 2.76 bits per heavy atom. The van der Waals surface area contributed by atoms with Crippen molar-refractivity contribution in [3.05, 3.63) is 28.0 Å². The Hall–Kier alpha value is -1.62. The standard InChI is InChI=1S/C12H15NO3S/c1-3-9(12(15)16)13-11(14)5-4-10-8(2)6-7-17-10/h4-7,9H,3H2,1-2H3,(H,13,14)(H,15,16)/b5-4+. The molecule has 1 heterocycles. The van der Waals surface area contributed by atoms with Gasteiger partial charge in [0.25, 0.3) is 0 Å². The van der Waals surface area contributed by atoms with Crippen molar-refractivity contribution in [2.75, 3.05) is 0 Å². The van der Waals surface area contributed by atoms with Crippen LogP contribution in [0.4, 0.5) is 0 Å². The van der Waals surface area contributed by atoms with E-state index >= 15 is 0 Å². The van der Waals surface area contributed by atoms with Crippen molar-refractivity contribution in [2.45, 2.75) is 26.3 Å². The molecular formula is C12H15NO3S. The second kappa shape index (κ2) is 6.20. The van der Waals surface area contributed by atoms with E-state index in [9.17, 15) is 9.59 Å². The van der Waals surface area contributed by atoms with Gasteiger partial charge in [0.15, 0.2) is 0 Å². The first-order valence-corrected chi connectivity index (χ1v) is 6.18. The molecule has 1 atom stereocenters. The van der Waals surface area contributed by atoms with Crippen molar-refractivity contribution in [3.8, 4) is 0 Å². The second-order valence-electron chi connectivity index (χ2n) is 3.61. The molecule has 1 aromatic rings. The zero-order valence-corrected chi connectivity index (χ0v) is 10.6.